The average Bonchev–Trinajstić information content (AvgIpc) is 3.27. The highest BCUT2D eigenvalue weighted by Crippen LogP contribution is 2.44. The van der Waals surface area contributed by atoms with Crippen LogP contribution < -0.4 is 0 Å². The molecule has 2 aromatic rings. The molecule has 0 radical (unpaired) electrons. The molecule has 0 aliphatic heterocycles. The second-order valence-corrected chi connectivity index (χ2v) is 9.14. The van der Waals surface area contributed by atoms with Crippen molar-refractivity contribution in [2.45, 2.75) is 25.7 Å². The van der Waals surface area contributed by atoms with Gasteiger partial charge in [0.25, 0.3) is 0 Å². The van der Waals surface area contributed by atoms with Gasteiger partial charge < -0.3 is 33.3 Å². The number of ether oxygens (including phenoxy) is 6. The monoisotopic (exact) mass is 529 g/mol. The van der Waals surface area contributed by atoms with E-state index in [0.717, 1.165) is 19.4 Å². The number of carbonyl (C=O) groups excluding carboxylic acids is 1. The van der Waals surface area contributed by atoms with Crippen LogP contribution in [0.2, 0.25) is 0 Å². The Morgan fingerprint density at radius 3 is 1.63 bits per heavy atom. The van der Waals surface area contributed by atoms with Gasteiger partial charge in [0.2, 0.25) is 0 Å². The highest BCUT2D eigenvalue weighted by Gasteiger charge is 2.29. The van der Waals surface area contributed by atoms with Crippen LogP contribution in [0.25, 0.3) is 11.1 Å². The number of unbranched alkanes of at least 4 members (excludes halogenated alkanes) is 1. The number of amides is 1. The third-order valence-electron chi connectivity index (χ3n) is 6.35. The largest absolute Gasteiger partial charge is 0.448 e. The average molecular weight is 530 g/mol. The maximum absolute atomic E-state index is 12.5. The Bertz CT molecular complexity index is 893. The van der Waals surface area contributed by atoms with Crippen molar-refractivity contribution in [2.24, 2.45) is 0 Å². The van der Waals surface area contributed by atoms with E-state index >= 15 is 0 Å². The van der Waals surface area contributed by atoms with Crippen LogP contribution in [0.3, 0.4) is 0 Å². The normalized spacial score (nSPS) is 12.4. The van der Waals surface area contributed by atoms with Gasteiger partial charge in [-0.25, -0.2) is 4.79 Å². The van der Waals surface area contributed by atoms with Crippen LogP contribution in [0.1, 0.15) is 36.8 Å². The van der Waals surface area contributed by atoms with Crippen molar-refractivity contribution >= 4 is 6.09 Å². The van der Waals surface area contributed by atoms with Gasteiger partial charge in [0.15, 0.2) is 0 Å². The highest BCUT2D eigenvalue weighted by atomic mass is 16.6. The standard InChI is InChI=1S/C30H43NO7/c1-3-4-14-33-16-18-35-20-22-37-23-21-36-19-17-34-15-13-31(2)30(32)38-24-29-27-11-7-5-9-25(27)26-10-6-8-12-28(26)29/h5-12,29H,3-4,13-24H2,1-2H3. The number of nitrogens with zero attached hydrogens (tertiary/aromatic N) is 1. The summed E-state index contributed by atoms with van der Waals surface area (Å²) in [5, 5.41) is 0. The van der Waals surface area contributed by atoms with Crippen LogP contribution in [0.5, 0.6) is 0 Å². The molecule has 8 nitrogen and oxygen atoms in total. The molecule has 0 saturated heterocycles. The van der Waals surface area contributed by atoms with Gasteiger partial charge in [-0.05, 0) is 28.7 Å². The molecule has 0 bridgehead atoms. The molecule has 2 aromatic carbocycles. The van der Waals surface area contributed by atoms with Crippen LogP contribution in [0, 0.1) is 0 Å². The molecule has 1 amide bonds. The van der Waals surface area contributed by atoms with Gasteiger partial charge in [-0.1, -0.05) is 61.9 Å². The summed E-state index contributed by atoms with van der Waals surface area (Å²) in [7, 11) is 1.72. The number of hydrogen-bond donors (Lipinski definition) is 0. The summed E-state index contributed by atoms with van der Waals surface area (Å²) in [5.41, 5.74) is 4.84. The lowest BCUT2D eigenvalue weighted by Gasteiger charge is -2.19. The van der Waals surface area contributed by atoms with Crippen molar-refractivity contribution in [3.05, 3.63) is 59.7 Å². The topological polar surface area (TPSA) is 75.7 Å². The molecule has 0 atom stereocenters. The summed E-state index contributed by atoms with van der Waals surface area (Å²) in [5.74, 6) is 0.0552. The van der Waals surface area contributed by atoms with Gasteiger partial charge in [-0.15, -0.1) is 0 Å². The molecule has 1 aliphatic carbocycles. The summed E-state index contributed by atoms with van der Waals surface area (Å²) in [4.78, 5) is 14.1. The molecule has 0 unspecified atom stereocenters. The predicted molar refractivity (Wildman–Crippen MR) is 147 cm³/mol. The van der Waals surface area contributed by atoms with E-state index < -0.39 is 0 Å². The van der Waals surface area contributed by atoms with E-state index in [1.165, 1.54) is 22.3 Å². The summed E-state index contributed by atoms with van der Waals surface area (Å²) in [6, 6.07) is 16.6. The minimum Gasteiger partial charge on any atom is -0.448 e. The second kappa shape index (κ2) is 17.9. The van der Waals surface area contributed by atoms with Crippen LogP contribution in [0.15, 0.2) is 48.5 Å². The molecule has 8 heteroatoms. The van der Waals surface area contributed by atoms with Crippen LogP contribution in [0.4, 0.5) is 4.79 Å². The Hall–Kier alpha value is -2.49. The van der Waals surface area contributed by atoms with Crippen LogP contribution in [-0.4, -0.2) is 97.3 Å². The molecule has 210 valence electrons. The molecular formula is C30H43NO7. The van der Waals surface area contributed by atoms with Crippen LogP contribution in [-0.2, 0) is 28.4 Å². The smallest absolute Gasteiger partial charge is 0.409 e. The van der Waals surface area contributed by atoms with E-state index in [2.05, 4.69) is 31.2 Å². The second-order valence-electron chi connectivity index (χ2n) is 9.14. The van der Waals surface area contributed by atoms with Crippen molar-refractivity contribution in [2.75, 3.05) is 86.3 Å². The molecule has 3 rings (SSSR count). The Morgan fingerprint density at radius 1 is 0.684 bits per heavy atom. The molecule has 0 fully saturated rings. The molecule has 1 aliphatic rings. The number of fused-ring (bicyclic) bond motifs is 3. The van der Waals surface area contributed by atoms with Crippen molar-refractivity contribution in [3.63, 3.8) is 0 Å². The summed E-state index contributed by atoms with van der Waals surface area (Å²) >= 11 is 0. The van der Waals surface area contributed by atoms with Crippen molar-refractivity contribution in [1.82, 2.24) is 4.90 Å². The first kappa shape index (κ1) is 30.1. The van der Waals surface area contributed by atoms with E-state index in [1.807, 2.05) is 24.3 Å². The number of hydrogen-bond acceptors (Lipinski definition) is 7. The molecule has 0 heterocycles. The Labute approximate surface area is 227 Å². The molecule has 0 saturated carbocycles. The summed E-state index contributed by atoms with van der Waals surface area (Å²) in [6.07, 6.45) is 1.88. The Kier molecular flexibility index (Phi) is 14.2. The number of benzene rings is 2. The first-order valence-corrected chi connectivity index (χ1v) is 13.7. The Morgan fingerprint density at radius 2 is 1.13 bits per heavy atom. The van der Waals surface area contributed by atoms with Crippen LogP contribution >= 0.6 is 0 Å². The quantitative estimate of drug-likeness (QED) is 0.229. The first-order chi connectivity index (χ1) is 18.7. The molecule has 38 heavy (non-hydrogen) atoms. The molecular weight excluding hydrogens is 486 g/mol. The van der Waals surface area contributed by atoms with Gasteiger partial charge in [0.1, 0.15) is 6.61 Å². The van der Waals surface area contributed by atoms with E-state index in [4.69, 9.17) is 28.4 Å². The van der Waals surface area contributed by atoms with Gasteiger partial charge in [-0.2, -0.15) is 0 Å². The summed E-state index contributed by atoms with van der Waals surface area (Å²) < 4.78 is 33.1. The lowest BCUT2D eigenvalue weighted by atomic mass is 9.98. The van der Waals surface area contributed by atoms with Crippen molar-refractivity contribution in [1.29, 1.82) is 0 Å². The van der Waals surface area contributed by atoms with Gasteiger partial charge in [0, 0.05) is 26.1 Å². The molecule has 0 spiro atoms. The van der Waals surface area contributed by atoms with E-state index in [9.17, 15) is 4.79 Å². The molecule has 0 N–H and O–H groups in total. The summed E-state index contributed by atoms with van der Waals surface area (Å²) in [6.45, 7) is 8.39. The van der Waals surface area contributed by atoms with Gasteiger partial charge in [-0.3, -0.25) is 0 Å². The molecule has 0 aromatic heterocycles. The first-order valence-electron chi connectivity index (χ1n) is 13.7. The maximum atomic E-state index is 12.5. The van der Waals surface area contributed by atoms with Crippen molar-refractivity contribution in [3.8, 4) is 11.1 Å². The minimum atomic E-state index is -0.350. The third kappa shape index (κ3) is 10.0. The number of carbonyl (C=O) groups is 1. The van der Waals surface area contributed by atoms with Gasteiger partial charge >= 0.3 is 6.09 Å². The SMILES string of the molecule is CCCCOCCOCCOCCOCCOCCN(C)C(=O)OCC1c2ccccc2-c2ccccc21. The zero-order valence-electron chi connectivity index (χ0n) is 22.9. The third-order valence-corrected chi connectivity index (χ3v) is 6.35. The Balaban J connectivity index is 1.16. The highest BCUT2D eigenvalue weighted by molar-refractivity contribution is 5.79. The van der Waals surface area contributed by atoms with Crippen molar-refractivity contribution < 1.29 is 33.2 Å². The zero-order valence-corrected chi connectivity index (χ0v) is 22.9. The number of likely N-dealkylation sites (N-methyl/N-ethyl adjacent to an activating group) is 1. The number of rotatable bonds is 20. The van der Waals surface area contributed by atoms with E-state index in [0.29, 0.717) is 72.6 Å². The fourth-order valence-electron chi connectivity index (χ4n) is 4.23. The van der Waals surface area contributed by atoms with E-state index in [1.54, 1.807) is 11.9 Å². The predicted octanol–water partition coefficient (Wildman–Crippen LogP) is 4.75. The lowest BCUT2D eigenvalue weighted by molar-refractivity contribution is -0.0121. The minimum absolute atomic E-state index is 0.0552. The van der Waals surface area contributed by atoms with Gasteiger partial charge in [0.05, 0.1) is 59.5 Å². The maximum Gasteiger partial charge on any atom is 0.409 e. The van der Waals surface area contributed by atoms with E-state index in [-0.39, 0.29) is 12.0 Å². The fraction of sp³-hybridized carbons (Fsp3) is 0.567. The lowest BCUT2D eigenvalue weighted by Crippen LogP contribution is -2.32. The fourth-order valence-corrected chi connectivity index (χ4v) is 4.23. The zero-order chi connectivity index (χ0) is 26.8.